The van der Waals surface area contributed by atoms with Crippen LogP contribution < -0.4 is 0 Å². The Labute approximate surface area is 147 Å². The molecule has 3 aromatic rings. The van der Waals surface area contributed by atoms with Crippen LogP contribution in [-0.2, 0) is 6.42 Å². The molecule has 0 bridgehead atoms. The lowest BCUT2D eigenvalue weighted by Crippen LogP contribution is -1.93. The van der Waals surface area contributed by atoms with Crippen LogP contribution in [0.4, 0.5) is 4.39 Å². The van der Waals surface area contributed by atoms with Crippen molar-refractivity contribution < 1.29 is 4.39 Å². The number of hydrogen-bond donors (Lipinski definition) is 0. The van der Waals surface area contributed by atoms with Crippen molar-refractivity contribution in [3.05, 3.63) is 52.5 Å². The highest BCUT2D eigenvalue weighted by atomic mass is 127. The van der Waals surface area contributed by atoms with Crippen LogP contribution in [0, 0.1) is 5.82 Å². The van der Waals surface area contributed by atoms with Crippen LogP contribution in [0.25, 0.3) is 22.2 Å². The molecule has 6 heteroatoms. The summed E-state index contributed by atoms with van der Waals surface area (Å²) >= 11 is 5.73. The number of rotatable bonds is 3. The largest absolute Gasteiger partial charge is 0.262 e. The summed E-state index contributed by atoms with van der Waals surface area (Å²) in [6.45, 7) is 2.11. The number of aromatic nitrogens is 2. The Morgan fingerprint density at radius 2 is 2.19 bits per heavy atom. The van der Waals surface area contributed by atoms with Crippen LogP contribution in [-0.4, -0.2) is 8.96 Å². The summed E-state index contributed by atoms with van der Waals surface area (Å²) in [4.78, 5) is 4.53. The second kappa shape index (κ2) is 6.26. The van der Waals surface area contributed by atoms with E-state index in [1.54, 1.807) is 27.4 Å². The highest BCUT2D eigenvalue weighted by Crippen LogP contribution is 2.39. The molecule has 0 amide bonds. The van der Waals surface area contributed by atoms with E-state index < -0.39 is 0 Å². The van der Waals surface area contributed by atoms with Crippen LogP contribution in [0.2, 0.25) is 0 Å². The SMILES string of the molecule is CCc1c(-c2cccc(F)c2)c2cc(Br)cnc2n1SI. The highest BCUT2D eigenvalue weighted by molar-refractivity contribution is 14.2. The van der Waals surface area contributed by atoms with Crippen molar-refractivity contribution in [2.24, 2.45) is 0 Å². The van der Waals surface area contributed by atoms with Gasteiger partial charge in [0.05, 0.1) is 0 Å². The molecule has 2 heterocycles. The summed E-state index contributed by atoms with van der Waals surface area (Å²) in [5, 5.41) is 1.04. The van der Waals surface area contributed by atoms with E-state index in [1.807, 2.05) is 12.1 Å². The van der Waals surface area contributed by atoms with Gasteiger partial charge in [-0.3, -0.25) is 3.97 Å². The van der Waals surface area contributed by atoms with Gasteiger partial charge in [0.25, 0.3) is 0 Å². The summed E-state index contributed by atoms with van der Waals surface area (Å²) in [6, 6.07) is 8.79. The average molecular weight is 477 g/mol. The lowest BCUT2D eigenvalue weighted by atomic mass is 10.0. The first-order chi connectivity index (χ1) is 10.2. The third kappa shape index (κ3) is 2.73. The molecule has 0 spiro atoms. The maximum Gasteiger partial charge on any atom is 0.151 e. The number of hydrogen-bond acceptors (Lipinski definition) is 2. The third-order valence-corrected chi connectivity index (χ3v) is 5.49. The van der Waals surface area contributed by atoms with Crippen LogP contribution in [0.1, 0.15) is 12.6 Å². The molecule has 108 valence electrons. The van der Waals surface area contributed by atoms with Gasteiger partial charge in [-0.05, 0) is 46.1 Å². The first-order valence-corrected chi connectivity index (χ1v) is 10.5. The number of pyridine rings is 1. The normalized spacial score (nSPS) is 11.2. The van der Waals surface area contributed by atoms with E-state index >= 15 is 0 Å². The number of halogens is 3. The zero-order chi connectivity index (χ0) is 15.0. The van der Waals surface area contributed by atoms with Crippen molar-refractivity contribution in [3.63, 3.8) is 0 Å². The maximum atomic E-state index is 13.6. The quantitative estimate of drug-likeness (QED) is 0.430. The molecule has 1 aromatic carbocycles. The molecule has 0 aliphatic carbocycles. The highest BCUT2D eigenvalue weighted by Gasteiger charge is 2.19. The Kier molecular flexibility index (Phi) is 4.56. The van der Waals surface area contributed by atoms with Crippen molar-refractivity contribution in [2.75, 3.05) is 0 Å². The molecule has 0 saturated heterocycles. The zero-order valence-corrected chi connectivity index (χ0v) is 15.7. The molecular weight excluding hydrogens is 466 g/mol. The Balaban J connectivity index is 2.42. The Bertz CT molecular complexity index is 819. The monoisotopic (exact) mass is 476 g/mol. The Hall–Kier alpha value is -0.600. The van der Waals surface area contributed by atoms with E-state index in [0.717, 1.165) is 38.7 Å². The zero-order valence-electron chi connectivity index (χ0n) is 11.1. The van der Waals surface area contributed by atoms with E-state index in [0.29, 0.717) is 0 Å². The molecule has 21 heavy (non-hydrogen) atoms. The van der Waals surface area contributed by atoms with E-state index in [1.165, 1.54) is 6.07 Å². The minimum Gasteiger partial charge on any atom is -0.262 e. The molecule has 0 radical (unpaired) electrons. The Morgan fingerprint density at radius 1 is 1.38 bits per heavy atom. The summed E-state index contributed by atoms with van der Waals surface area (Å²) < 4.78 is 16.7. The van der Waals surface area contributed by atoms with Gasteiger partial charge in [-0.15, -0.1) is 0 Å². The van der Waals surface area contributed by atoms with Crippen molar-refractivity contribution in [2.45, 2.75) is 13.3 Å². The summed E-state index contributed by atoms with van der Waals surface area (Å²) in [5.41, 5.74) is 4.01. The molecule has 3 rings (SSSR count). The first-order valence-electron chi connectivity index (χ1n) is 6.39. The molecule has 2 nitrogen and oxygen atoms in total. The van der Waals surface area contributed by atoms with Gasteiger partial charge in [-0.25, -0.2) is 9.37 Å². The second-order valence-corrected chi connectivity index (χ2v) is 7.17. The van der Waals surface area contributed by atoms with E-state index in [4.69, 9.17) is 0 Å². The van der Waals surface area contributed by atoms with Gasteiger partial charge in [-0.1, -0.05) is 19.1 Å². The van der Waals surface area contributed by atoms with Gasteiger partial charge in [0, 0.05) is 57.6 Å². The standard InChI is InChI=1S/C15H11BrFIN2S/c1-2-13-14(9-4-3-5-11(17)6-9)12-7-10(16)8-19-15(12)20(13)21-18/h3-8H,2H2,1H3. The van der Waals surface area contributed by atoms with Gasteiger partial charge in [0.1, 0.15) is 5.82 Å². The lowest BCUT2D eigenvalue weighted by molar-refractivity contribution is 0.628. The van der Waals surface area contributed by atoms with Crippen LogP contribution in [0.3, 0.4) is 0 Å². The Morgan fingerprint density at radius 3 is 2.86 bits per heavy atom. The molecule has 0 aliphatic heterocycles. The molecule has 0 saturated carbocycles. The fraction of sp³-hybridized carbons (Fsp3) is 0.133. The number of benzene rings is 1. The van der Waals surface area contributed by atoms with Crippen LogP contribution in [0.15, 0.2) is 41.0 Å². The van der Waals surface area contributed by atoms with E-state index in [9.17, 15) is 4.39 Å². The smallest absolute Gasteiger partial charge is 0.151 e. The second-order valence-electron chi connectivity index (χ2n) is 4.57. The molecule has 0 unspecified atom stereocenters. The topological polar surface area (TPSA) is 17.8 Å². The van der Waals surface area contributed by atoms with Crippen molar-refractivity contribution in [3.8, 4) is 11.1 Å². The average Bonchev–Trinajstić information content (AvgIpc) is 2.79. The minimum absolute atomic E-state index is 0.222. The predicted octanol–water partition coefficient (Wildman–Crippen LogP) is 6.01. The van der Waals surface area contributed by atoms with E-state index in [2.05, 4.69) is 53.0 Å². The summed E-state index contributed by atoms with van der Waals surface area (Å²) in [7, 11) is 1.59. The summed E-state index contributed by atoms with van der Waals surface area (Å²) in [6.07, 6.45) is 2.65. The van der Waals surface area contributed by atoms with Gasteiger partial charge in [0.2, 0.25) is 0 Å². The lowest BCUT2D eigenvalue weighted by Gasteiger charge is -2.06. The molecule has 0 aliphatic rings. The van der Waals surface area contributed by atoms with Crippen molar-refractivity contribution >= 4 is 57.3 Å². The molecular formula is C15H11BrFIN2S. The van der Waals surface area contributed by atoms with Gasteiger partial charge >= 0.3 is 0 Å². The van der Waals surface area contributed by atoms with Crippen LogP contribution >= 0.6 is 46.3 Å². The fourth-order valence-electron chi connectivity index (χ4n) is 2.52. The third-order valence-electron chi connectivity index (χ3n) is 3.35. The predicted molar refractivity (Wildman–Crippen MR) is 99.2 cm³/mol. The molecule has 2 aromatic heterocycles. The van der Waals surface area contributed by atoms with Crippen LogP contribution in [0.5, 0.6) is 0 Å². The molecule has 0 N–H and O–H groups in total. The molecule has 0 atom stereocenters. The summed E-state index contributed by atoms with van der Waals surface area (Å²) in [5.74, 6) is -0.222. The van der Waals surface area contributed by atoms with Crippen molar-refractivity contribution in [1.82, 2.24) is 8.96 Å². The molecule has 0 fully saturated rings. The van der Waals surface area contributed by atoms with Crippen molar-refractivity contribution in [1.29, 1.82) is 0 Å². The van der Waals surface area contributed by atoms with E-state index in [-0.39, 0.29) is 5.82 Å². The maximum absolute atomic E-state index is 13.6. The van der Waals surface area contributed by atoms with Gasteiger partial charge in [-0.2, -0.15) is 0 Å². The first kappa shape index (κ1) is 15.3. The van der Waals surface area contributed by atoms with Gasteiger partial charge < -0.3 is 0 Å². The number of nitrogens with zero attached hydrogens (tertiary/aromatic N) is 2. The minimum atomic E-state index is -0.222. The number of fused-ring (bicyclic) bond motifs is 1. The van der Waals surface area contributed by atoms with Gasteiger partial charge in [0.15, 0.2) is 5.65 Å². The fourth-order valence-corrected chi connectivity index (χ4v) is 4.64.